The van der Waals surface area contributed by atoms with E-state index in [-0.39, 0.29) is 0 Å². The fourth-order valence-corrected chi connectivity index (χ4v) is 4.17. The normalized spacial score (nSPS) is 30.8. The smallest absolute Gasteiger partial charge is 0.0149 e. The minimum absolute atomic E-state index is 0.746. The first-order valence-corrected chi connectivity index (χ1v) is 7.59. The van der Waals surface area contributed by atoms with Gasteiger partial charge >= 0.3 is 0 Å². The van der Waals surface area contributed by atoms with Gasteiger partial charge in [-0.25, -0.2) is 0 Å². The van der Waals surface area contributed by atoms with Crippen LogP contribution >= 0.6 is 24.4 Å². The van der Waals surface area contributed by atoms with E-state index in [1.54, 1.807) is 0 Å². The molecule has 0 aromatic heterocycles. The van der Waals surface area contributed by atoms with Crippen molar-refractivity contribution in [3.63, 3.8) is 0 Å². The molecule has 0 radical (unpaired) electrons. The van der Waals surface area contributed by atoms with E-state index in [4.69, 9.17) is 0 Å². The monoisotopic (exact) mass is 247 g/mol. The summed E-state index contributed by atoms with van der Waals surface area (Å²) in [5.74, 6) is 2.52. The Labute approximate surface area is 105 Å². The molecule has 1 nitrogen and oxygen atoms in total. The highest BCUT2D eigenvalue weighted by molar-refractivity contribution is 8.00. The second kappa shape index (κ2) is 6.41. The van der Waals surface area contributed by atoms with Gasteiger partial charge < -0.3 is 4.90 Å². The van der Waals surface area contributed by atoms with Crippen molar-refractivity contribution in [3.05, 3.63) is 0 Å². The fraction of sp³-hybridized carbons (Fsp3) is 1.00. The SMILES string of the molecule is CC1CN(CC(CS)C(C)C)CC(C)S1. The lowest BCUT2D eigenvalue weighted by molar-refractivity contribution is 0.212. The first kappa shape index (κ1) is 13.7. The molecular formula is C12H25NS2. The maximum absolute atomic E-state index is 4.47. The van der Waals surface area contributed by atoms with Gasteiger partial charge in [0.2, 0.25) is 0 Å². The van der Waals surface area contributed by atoms with Gasteiger partial charge in [-0.1, -0.05) is 27.7 Å². The van der Waals surface area contributed by atoms with Crippen LogP contribution in [0, 0.1) is 11.8 Å². The summed E-state index contributed by atoms with van der Waals surface area (Å²) in [6.07, 6.45) is 0. The Balaban J connectivity index is 2.42. The number of thiol groups is 1. The summed E-state index contributed by atoms with van der Waals surface area (Å²) in [5, 5.41) is 1.59. The zero-order chi connectivity index (χ0) is 11.4. The standard InChI is InChI=1S/C12H25NS2/c1-9(2)12(8-14)7-13-5-10(3)15-11(4)6-13/h9-12,14H,5-8H2,1-4H3. The second-order valence-electron chi connectivity index (χ2n) is 5.16. The van der Waals surface area contributed by atoms with Crippen molar-refractivity contribution in [2.24, 2.45) is 11.8 Å². The second-order valence-corrected chi connectivity index (χ2v) is 7.41. The van der Waals surface area contributed by atoms with Crippen molar-refractivity contribution in [2.45, 2.75) is 38.2 Å². The van der Waals surface area contributed by atoms with Crippen molar-refractivity contribution in [3.8, 4) is 0 Å². The predicted molar refractivity (Wildman–Crippen MR) is 75.1 cm³/mol. The quantitative estimate of drug-likeness (QED) is 0.761. The van der Waals surface area contributed by atoms with E-state index in [0.29, 0.717) is 0 Å². The zero-order valence-electron chi connectivity index (χ0n) is 10.4. The molecular weight excluding hydrogens is 222 g/mol. The Morgan fingerprint density at radius 3 is 2.20 bits per heavy atom. The van der Waals surface area contributed by atoms with Crippen LogP contribution in [0.25, 0.3) is 0 Å². The first-order valence-electron chi connectivity index (χ1n) is 6.01. The number of rotatable bonds is 4. The average molecular weight is 247 g/mol. The number of hydrogen-bond donors (Lipinski definition) is 1. The average Bonchev–Trinajstić information content (AvgIpc) is 2.12. The Bertz CT molecular complexity index is 174. The maximum atomic E-state index is 4.47. The Morgan fingerprint density at radius 1 is 1.27 bits per heavy atom. The van der Waals surface area contributed by atoms with Gasteiger partial charge in [0.25, 0.3) is 0 Å². The van der Waals surface area contributed by atoms with E-state index in [2.05, 4.69) is 57.0 Å². The third-order valence-corrected chi connectivity index (χ3v) is 4.86. The van der Waals surface area contributed by atoms with Crippen LogP contribution in [0.1, 0.15) is 27.7 Å². The lowest BCUT2D eigenvalue weighted by atomic mass is 9.97. The summed E-state index contributed by atoms with van der Waals surface area (Å²) in [6.45, 7) is 13.1. The zero-order valence-corrected chi connectivity index (χ0v) is 12.2. The van der Waals surface area contributed by atoms with Crippen molar-refractivity contribution < 1.29 is 0 Å². The third kappa shape index (κ3) is 4.58. The lowest BCUT2D eigenvalue weighted by Crippen LogP contribution is -2.43. The molecule has 1 rings (SSSR count). The molecule has 3 heteroatoms. The van der Waals surface area contributed by atoms with Gasteiger partial charge in [0.05, 0.1) is 0 Å². The molecule has 90 valence electrons. The minimum Gasteiger partial charge on any atom is -0.301 e. The molecule has 3 unspecified atom stereocenters. The largest absolute Gasteiger partial charge is 0.301 e. The topological polar surface area (TPSA) is 3.24 Å². The number of hydrogen-bond acceptors (Lipinski definition) is 3. The molecule has 0 aromatic carbocycles. The van der Waals surface area contributed by atoms with Crippen LogP contribution in [0.5, 0.6) is 0 Å². The Hall–Kier alpha value is 0.660. The van der Waals surface area contributed by atoms with Crippen molar-refractivity contribution >= 4 is 24.4 Å². The van der Waals surface area contributed by atoms with Crippen LogP contribution in [-0.2, 0) is 0 Å². The molecule has 3 atom stereocenters. The summed E-state index contributed by atoms with van der Waals surface area (Å²) < 4.78 is 0. The van der Waals surface area contributed by atoms with E-state index in [1.807, 2.05) is 0 Å². The lowest BCUT2D eigenvalue weighted by Gasteiger charge is -2.37. The third-order valence-electron chi connectivity index (χ3n) is 3.17. The summed E-state index contributed by atoms with van der Waals surface area (Å²) in [5.41, 5.74) is 0. The molecule has 0 bridgehead atoms. The van der Waals surface area contributed by atoms with E-state index >= 15 is 0 Å². The van der Waals surface area contributed by atoms with Crippen molar-refractivity contribution in [2.75, 3.05) is 25.4 Å². The summed E-state index contributed by atoms with van der Waals surface area (Å²) >= 11 is 6.59. The van der Waals surface area contributed by atoms with Gasteiger partial charge in [-0.2, -0.15) is 24.4 Å². The molecule has 0 aromatic rings. The molecule has 0 spiro atoms. The van der Waals surface area contributed by atoms with Gasteiger partial charge in [-0.15, -0.1) is 0 Å². The van der Waals surface area contributed by atoms with E-state index in [0.717, 1.165) is 28.1 Å². The van der Waals surface area contributed by atoms with Gasteiger partial charge in [0.15, 0.2) is 0 Å². The van der Waals surface area contributed by atoms with E-state index in [9.17, 15) is 0 Å². The highest BCUT2D eigenvalue weighted by Crippen LogP contribution is 2.26. The van der Waals surface area contributed by atoms with Gasteiger partial charge in [-0.3, -0.25) is 0 Å². The van der Waals surface area contributed by atoms with Gasteiger partial charge in [0, 0.05) is 30.1 Å². The van der Waals surface area contributed by atoms with Gasteiger partial charge in [-0.05, 0) is 17.6 Å². The Morgan fingerprint density at radius 2 is 1.80 bits per heavy atom. The van der Waals surface area contributed by atoms with Gasteiger partial charge in [0.1, 0.15) is 0 Å². The maximum Gasteiger partial charge on any atom is 0.0149 e. The summed E-state index contributed by atoms with van der Waals surface area (Å²) in [6, 6.07) is 0. The molecule has 0 N–H and O–H groups in total. The van der Waals surface area contributed by atoms with Crippen molar-refractivity contribution in [1.29, 1.82) is 0 Å². The molecule has 0 amide bonds. The minimum atomic E-state index is 0.746. The fourth-order valence-electron chi connectivity index (χ4n) is 2.24. The Kier molecular flexibility index (Phi) is 5.86. The molecule has 0 aliphatic carbocycles. The molecule has 1 aliphatic heterocycles. The first-order chi connectivity index (χ1) is 7.02. The molecule has 1 heterocycles. The predicted octanol–water partition coefficient (Wildman–Crippen LogP) is 3.01. The van der Waals surface area contributed by atoms with Crippen LogP contribution in [0.4, 0.5) is 0 Å². The van der Waals surface area contributed by atoms with E-state index in [1.165, 1.54) is 19.6 Å². The molecule has 1 saturated heterocycles. The molecule has 1 fully saturated rings. The van der Waals surface area contributed by atoms with Crippen LogP contribution in [0.3, 0.4) is 0 Å². The highest BCUT2D eigenvalue weighted by atomic mass is 32.2. The van der Waals surface area contributed by atoms with Crippen LogP contribution in [-0.4, -0.2) is 40.8 Å². The molecule has 1 aliphatic rings. The molecule has 0 saturated carbocycles. The van der Waals surface area contributed by atoms with E-state index < -0.39 is 0 Å². The highest BCUT2D eigenvalue weighted by Gasteiger charge is 2.24. The number of nitrogens with zero attached hydrogens (tertiary/aromatic N) is 1. The van der Waals surface area contributed by atoms with Crippen molar-refractivity contribution in [1.82, 2.24) is 4.90 Å². The number of thioether (sulfide) groups is 1. The van der Waals surface area contributed by atoms with Crippen LogP contribution in [0.2, 0.25) is 0 Å². The summed E-state index contributed by atoms with van der Waals surface area (Å²) in [4.78, 5) is 2.63. The molecule has 15 heavy (non-hydrogen) atoms. The summed E-state index contributed by atoms with van der Waals surface area (Å²) in [7, 11) is 0. The van der Waals surface area contributed by atoms with Crippen LogP contribution in [0.15, 0.2) is 0 Å². The van der Waals surface area contributed by atoms with Crippen LogP contribution < -0.4 is 0 Å².